The summed E-state index contributed by atoms with van der Waals surface area (Å²) < 4.78 is 227. The Balaban J connectivity index is -0.000000394. The molecule has 0 spiro atoms. The van der Waals surface area contributed by atoms with Crippen molar-refractivity contribution in [3.63, 3.8) is 0 Å². The Morgan fingerprint density at radius 2 is 0.920 bits per heavy atom. The number of hydrogen-bond donors (Lipinski definition) is 2. The molecule has 0 heterocycles. The van der Waals surface area contributed by atoms with Crippen molar-refractivity contribution in [3.05, 3.63) is 66.3 Å². The topological polar surface area (TPSA) is 66.8 Å². The predicted molar refractivity (Wildman–Crippen MR) is 148 cm³/mol. The van der Waals surface area contributed by atoms with E-state index in [0.717, 1.165) is 6.08 Å². The first-order valence-electron chi connectivity index (χ1n) is 11.7. The van der Waals surface area contributed by atoms with Crippen molar-refractivity contribution in [1.29, 1.82) is 0 Å². The maximum absolute atomic E-state index is 12.9. The van der Waals surface area contributed by atoms with Gasteiger partial charge in [0.15, 0.2) is 5.70 Å². The van der Waals surface area contributed by atoms with Gasteiger partial charge >= 0.3 is 43.0 Å². The lowest BCUT2D eigenvalue weighted by Gasteiger charge is -2.36. The number of ether oxygens (including phenoxy) is 1. The van der Waals surface area contributed by atoms with Crippen molar-refractivity contribution in [3.8, 4) is 0 Å². The second-order valence-electron chi connectivity index (χ2n) is 9.67. The van der Waals surface area contributed by atoms with Crippen LogP contribution in [0.2, 0.25) is 0 Å². The van der Waals surface area contributed by atoms with Crippen LogP contribution in [0.15, 0.2) is 49.6 Å². The number of aliphatic hydroxyl groups is 2. The van der Waals surface area contributed by atoms with Gasteiger partial charge in [0.2, 0.25) is 0 Å². The van der Waals surface area contributed by atoms with Crippen molar-refractivity contribution < 1.29 is 103 Å². The van der Waals surface area contributed by atoms with Crippen LogP contribution in [0, 0.1) is 0 Å². The maximum atomic E-state index is 12.9. The molecule has 0 atom stereocenters. The highest BCUT2D eigenvalue weighted by atomic mass is 127. The van der Waals surface area contributed by atoms with Crippen LogP contribution in [0.1, 0.15) is 37.5 Å². The van der Waals surface area contributed by atoms with E-state index in [4.69, 9.17) is 4.74 Å². The number of carbonyl (C=O) groups is 1. The molecule has 0 saturated heterocycles. The molecule has 0 amide bonds. The zero-order valence-electron chi connectivity index (χ0n) is 24.9. The van der Waals surface area contributed by atoms with E-state index in [1.54, 1.807) is 22.4 Å². The fourth-order valence-electron chi connectivity index (χ4n) is 2.67. The van der Waals surface area contributed by atoms with Gasteiger partial charge in [-0.25, -0.2) is 4.79 Å². The van der Waals surface area contributed by atoms with E-state index in [2.05, 4.69) is 18.9 Å². The highest BCUT2D eigenvalue weighted by Gasteiger charge is 2.74. The first-order chi connectivity index (χ1) is 21.3. The molecule has 2 N–H and O–H groups in total. The molecule has 0 saturated carbocycles. The van der Waals surface area contributed by atoms with Crippen LogP contribution in [-0.2, 0) is 20.7 Å². The molecule has 1 rings (SSSR count). The van der Waals surface area contributed by atoms with Crippen LogP contribution in [0.3, 0.4) is 0 Å². The van der Waals surface area contributed by atoms with E-state index >= 15 is 0 Å². The largest absolute Gasteiger partial charge is 0.457 e. The van der Waals surface area contributed by atoms with Gasteiger partial charge in [-0.1, -0.05) is 25.8 Å². The molecular weight excluding hydrogens is 863 g/mol. The SMILES string of the molecule is C=C(C(F)(F)F)C(F)(F)F.C=CC(=O)OC(C)(C)C.C=Cc1cc(C(O)(C(F)(F)F)C(F)(F)F)cc(C(O)(C(F)(F)F)C(F)(F)F)c1.F.[B]I. The number of alkyl halides is 18. The summed E-state index contributed by atoms with van der Waals surface area (Å²) in [6, 6.07) is -1.19. The summed E-state index contributed by atoms with van der Waals surface area (Å²) in [5, 5.41) is 18.5. The van der Waals surface area contributed by atoms with Gasteiger partial charge in [0.1, 0.15) is 11.2 Å². The van der Waals surface area contributed by atoms with E-state index in [9.17, 15) is 94.0 Å². The van der Waals surface area contributed by atoms with E-state index in [1.165, 1.54) is 0 Å². The lowest BCUT2D eigenvalue weighted by atomic mass is 9.84. The molecule has 0 aliphatic heterocycles. The first kappa shape index (κ1) is 54.1. The number of carbonyl (C=O) groups excluding carboxylic acids is 1. The summed E-state index contributed by atoms with van der Waals surface area (Å²) in [6.07, 6.45) is -35.6. The summed E-state index contributed by atoms with van der Waals surface area (Å²) in [6.45, 7) is 13.4. The standard InChI is InChI=1S/C14H8F12O2.C7H12O2.C4H2F6.BI.FH/c1-2-6-3-7(9(27,11(15,16)17)12(18,19)20)5-8(4-6)10(28,13(21,22)23)14(24,25)26;1-5-6(8)9-7(2,3)4;1-2(3(5,6)7)4(8,9)10;1-2;/h2-5,27-28H,1H2;5H,1H2,2-4H3;1H2;;1H. The van der Waals surface area contributed by atoms with Gasteiger partial charge in [-0.3, -0.25) is 4.70 Å². The van der Waals surface area contributed by atoms with Crippen molar-refractivity contribution in [2.45, 2.75) is 74.6 Å². The number of allylic oxidation sites excluding steroid dienone is 1. The molecule has 1 aromatic carbocycles. The van der Waals surface area contributed by atoms with E-state index in [-0.39, 0.29) is 22.8 Å². The second-order valence-corrected chi connectivity index (χ2v) is 9.67. The van der Waals surface area contributed by atoms with Gasteiger partial charge in [0, 0.05) is 17.2 Å². The molecule has 25 heteroatoms. The third-order valence-corrected chi connectivity index (χ3v) is 4.93. The fraction of sp³-hybridized carbons (Fsp3) is 0.480. The van der Waals surface area contributed by atoms with Gasteiger partial charge < -0.3 is 14.9 Å². The number of hydrogen-bond acceptors (Lipinski definition) is 4. The average molecular weight is 886 g/mol. The van der Waals surface area contributed by atoms with Crippen LogP contribution in [0.5, 0.6) is 0 Å². The smallest absolute Gasteiger partial charge is 0.430 e. The lowest BCUT2D eigenvalue weighted by Crippen LogP contribution is -2.55. The van der Waals surface area contributed by atoms with Gasteiger partial charge in [-0.15, -0.1) is 0 Å². The normalized spacial score (nSPS) is 13.0. The number of benzene rings is 1. The molecule has 50 heavy (non-hydrogen) atoms. The van der Waals surface area contributed by atoms with Crippen LogP contribution >= 0.6 is 22.4 Å². The highest BCUT2D eigenvalue weighted by molar-refractivity contribution is 14.1. The molecule has 4 nitrogen and oxygen atoms in total. The third kappa shape index (κ3) is 14.5. The Labute approximate surface area is 284 Å². The second kappa shape index (κ2) is 18.2. The van der Waals surface area contributed by atoms with Crippen molar-refractivity contribution in [2.75, 3.05) is 0 Å². The Kier molecular flexibility index (Phi) is 19.7. The number of esters is 1. The van der Waals surface area contributed by atoms with E-state index in [1.807, 2.05) is 27.4 Å². The average Bonchev–Trinajstić information content (AvgIpc) is 2.88. The fourth-order valence-corrected chi connectivity index (χ4v) is 2.67. The minimum atomic E-state index is -6.59. The summed E-state index contributed by atoms with van der Waals surface area (Å²) in [4.78, 5) is 10.5. The minimum Gasteiger partial charge on any atom is -0.457 e. The molecule has 0 bridgehead atoms. The zero-order valence-corrected chi connectivity index (χ0v) is 27.0. The Morgan fingerprint density at radius 1 is 0.660 bits per heavy atom. The molecule has 2 radical (unpaired) electrons. The van der Waals surface area contributed by atoms with Crippen LogP contribution in [0.4, 0.5) is 83.7 Å². The Bertz CT molecular complexity index is 1170. The quantitative estimate of drug-likeness (QED) is 0.0790. The van der Waals surface area contributed by atoms with Crippen LogP contribution < -0.4 is 0 Å². The van der Waals surface area contributed by atoms with E-state index in [0.29, 0.717) is 6.08 Å². The van der Waals surface area contributed by atoms with Gasteiger partial charge in [-0.05, 0) is 44.5 Å². The van der Waals surface area contributed by atoms with E-state index < -0.39 is 82.2 Å². The van der Waals surface area contributed by atoms with Crippen molar-refractivity contribution in [2.24, 2.45) is 0 Å². The predicted octanol–water partition coefficient (Wildman–Crippen LogP) is 9.79. The third-order valence-electron chi connectivity index (χ3n) is 4.93. The summed E-state index contributed by atoms with van der Waals surface area (Å²) in [5.41, 5.74) is -16.2. The van der Waals surface area contributed by atoms with Gasteiger partial charge in [0.05, 0.1) is 0 Å². The van der Waals surface area contributed by atoms with Gasteiger partial charge in [-0.2, -0.15) is 101 Å². The van der Waals surface area contributed by atoms with Crippen molar-refractivity contribution >= 4 is 40.1 Å². The zero-order chi connectivity index (χ0) is 40.6. The molecule has 0 fully saturated rings. The van der Waals surface area contributed by atoms with Crippen LogP contribution in [0.25, 0.3) is 6.08 Å². The highest BCUT2D eigenvalue weighted by Crippen LogP contribution is 2.54. The Morgan fingerprint density at radius 3 is 1.04 bits per heavy atom. The molecule has 1 aromatic rings. The summed E-state index contributed by atoms with van der Waals surface area (Å²) in [5.74, 6) is -0.373. The molecule has 0 aromatic heterocycles. The lowest BCUT2D eigenvalue weighted by molar-refractivity contribution is -0.378. The summed E-state index contributed by atoms with van der Waals surface area (Å²) in [7, 11) is 0. The monoisotopic (exact) mass is 886 g/mol. The molecule has 0 aliphatic rings. The Hall–Kier alpha value is -2.71. The molecular formula is C25H23BF19IO4. The molecule has 290 valence electrons. The maximum Gasteiger partial charge on any atom is 0.430 e. The molecule has 0 unspecified atom stereocenters. The number of rotatable bonds is 4. The van der Waals surface area contributed by atoms with Crippen LogP contribution in [-0.4, -0.2) is 64.5 Å². The van der Waals surface area contributed by atoms with Gasteiger partial charge in [0.25, 0.3) is 11.2 Å². The first-order valence-corrected chi connectivity index (χ1v) is 12.9. The minimum absolute atomic E-state index is 0. The number of halogens is 20. The molecule has 0 aliphatic carbocycles. The van der Waals surface area contributed by atoms with Crippen molar-refractivity contribution in [1.82, 2.24) is 0 Å². The summed E-state index contributed by atoms with van der Waals surface area (Å²) >= 11 is 1.65.